The molecule has 0 amide bonds. The third kappa shape index (κ3) is 8.34. The molecule has 0 radical (unpaired) electrons. The van der Waals surface area contributed by atoms with Gasteiger partial charge in [0.1, 0.15) is 11.5 Å². The van der Waals surface area contributed by atoms with Crippen LogP contribution in [0.4, 0.5) is 4.39 Å². The van der Waals surface area contributed by atoms with Crippen LogP contribution < -0.4 is 0 Å². The van der Waals surface area contributed by atoms with E-state index in [9.17, 15) is 22.4 Å². The number of hydrogen-bond acceptors (Lipinski definition) is 8. The van der Waals surface area contributed by atoms with E-state index < -0.39 is 62.8 Å². The fraction of sp³-hybridized carbons (Fsp3) is 0.571. The highest BCUT2D eigenvalue weighted by molar-refractivity contribution is 7.87. The molecule has 1 N–H and O–H groups in total. The maximum Gasteiger partial charge on any atom is 0.311 e. The Morgan fingerprint density at radius 3 is 1.97 bits per heavy atom. The number of alkyl halides is 1. The van der Waals surface area contributed by atoms with Crippen LogP contribution in [0.3, 0.4) is 0 Å². The minimum absolute atomic E-state index is 0.0223. The van der Waals surface area contributed by atoms with Crippen LogP contribution in [0.5, 0.6) is 0 Å². The van der Waals surface area contributed by atoms with Gasteiger partial charge in [-0.1, -0.05) is 34.8 Å². The molecule has 0 unspecified atom stereocenters. The van der Waals surface area contributed by atoms with Crippen LogP contribution in [0, 0.1) is 16.2 Å². The lowest BCUT2D eigenvalue weighted by molar-refractivity contribution is -0.171. The molecule has 34 heavy (non-hydrogen) atoms. The molecule has 3 atom stereocenters. The van der Waals surface area contributed by atoms with Gasteiger partial charge in [0, 0.05) is 6.21 Å². The first-order chi connectivity index (χ1) is 15.3. The Bertz CT molecular complexity index is 1040. The van der Waals surface area contributed by atoms with E-state index >= 15 is 0 Å². The summed E-state index contributed by atoms with van der Waals surface area (Å²) in [4.78, 5) is 24.1. The van der Waals surface area contributed by atoms with Crippen molar-refractivity contribution in [3.05, 3.63) is 27.2 Å². The highest BCUT2D eigenvalue weighted by Crippen LogP contribution is 2.33. The number of hydrogen-bond donors (Lipinski definition) is 1. The average Bonchev–Trinajstić information content (AvgIpc) is 2.69. The van der Waals surface area contributed by atoms with Crippen molar-refractivity contribution < 1.29 is 36.1 Å². The third-order valence-electron chi connectivity index (χ3n) is 4.18. The van der Waals surface area contributed by atoms with E-state index in [1.807, 2.05) is 0 Å². The van der Waals surface area contributed by atoms with Crippen molar-refractivity contribution in [2.75, 3.05) is 6.61 Å². The number of ether oxygens (including phenoxy) is 2. The highest BCUT2D eigenvalue weighted by Gasteiger charge is 2.41. The van der Waals surface area contributed by atoms with Crippen molar-refractivity contribution >= 4 is 63.1 Å². The SMILES string of the molecule is CC(C)(C)C(=O)OC[C@@H](OS(=O)(=O)c1cc(Cl)c(Cl)cc1Cl)[C@@H](OC(=O)C(C)(C)C)[C@H](F)C=N. The molecular weight excluding hydrogens is 536 g/mol. The van der Waals surface area contributed by atoms with Gasteiger partial charge in [0.05, 0.1) is 25.9 Å². The van der Waals surface area contributed by atoms with E-state index in [0.717, 1.165) is 12.1 Å². The molecule has 192 valence electrons. The molecule has 13 heteroatoms. The Hall–Kier alpha value is -1.46. The molecule has 0 bridgehead atoms. The summed E-state index contributed by atoms with van der Waals surface area (Å²) in [6.45, 7) is 8.30. The summed E-state index contributed by atoms with van der Waals surface area (Å²) in [5.74, 6) is -1.65. The predicted octanol–water partition coefficient (Wildman–Crippen LogP) is 5.26. The summed E-state index contributed by atoms with van der Waals surface area (Å²) >= 11 is 17.7. The van der Waals surface area contributed by atoms with Crippen molar-refractivity contribution in [1.82, 2.24) is 0 Å². The number of carbonyl (C=O) groups excluding carboxylic acids is 2. The van der Waals surface area contributed by atoms with E-state index in [-0.39, 0.29) is 15.1 Å². The van der Waals surface area contributed by atoms with Crippen LogP contribution in [-0.2, 0) is 33.4 Å². The van der Waals surface area contributed by atoms with Gasteiger partial charge in [-0.15, -0.1) is 0 Å². The van der Waals surface area contributed by atoms with Crippen molar-refractivity contribution in [2.45, 2.75) is 64.8 Å². The summed E-state index contributed by atoms with van der Waals surface area (Å²) in [5, 5.41) is 6.76. The number of halogens is 4. The first-order valence-corrected chi connectivity index (χ1v) is 12.5. The maximum absolute atomic E-state index is 14.7. The minimum atomic E-state index is -4.77. The average molecular weight is 563 g/mol. The van der Waals surface area contributed by atoms with Crippen molar-refractivity contribution in [3.63, 3.8) is 0 Å². The first kappa shape index (κ1) is 30.6. The molecule has 0 saturated carbocycles. The van der Waals surface area contributed by atoms with Gasteiger partial charge in [-0.05, 0) is 53.7 Å². The molecule has 0 aromatic heterocycles. The smallest absolute Gasteiger partial charge is 0.311 e. The lowest BCUT2D eigenvalue weighted by atomic mass is 9.97. The van der Waals surface area contributed by atoms with Crippen molar-refractivity contribution in [3.8, 4) is 0 Å². The Kier molecular flexibility index (Phi) is 10.4. The predicted molar refractivity (Wildman–Crippen MR) is 127 cm³/mol. The van der Waals surface area contributed by atoms with Gasteiger partial charge in [-0.25, -0.2) is 4.39 Å². The number of carbonyl (C=O) groups is 2. The molecule has 8 nitrogen and oxygen atoms in total. The van der Waals surface area contributed by atoms with Gasteiger partial charge < -0.3 is 14.9 Å². The standard InChI is InChI=1S/C21H27Cl3FNO7S/c1-20(2,3)18(27)31-10-15(17(14(25)9-26)32-19(28)21(4,5)6)33-34(29,30)16-8-12(23)11(22)7-13(16)24/h7-9,14-15,17,26H,10H2,1-6H3/t14-,15-,17+/m1/s1. The zero-order valence-corrected chi connectivity index (χ0v) is 22.5. The topological polar surface area (TPSA) is 120 Å². The zero-order chi connectivity index (χ0) is 26.6. The molecule has 1 rings (SSSR count). The lowest BCUT2D eigenvalue weighted by Crippen LogP contribution is -2.47. The normalized spacial score (nSPS) is 15.2. The van der Waals surface area contributed by atoms with E-state index in [0.29, 0.717) is 6.21 Å². The van der Waals surface area contributed by atoms with Crippen LogP contribution in [0.25, 0.3) is 0 Å². The molecule has 0 aliphatic carbocycles. The van der Waals surface area contributed by atoms with Crippen molar-refractivity contribution in [2.24, 2.45) is 10.8 Å². The number of nitrogens with one attached hydrogen (secondary N) is 1. The lowest BCUT2D eigenvalue weighted by Gasteiger charge is -2.30. The fourth-order valence-corrected chi connectivity index (χ4v) is 4.25. The molecule has 0 fully saturated rings. The molecule has 1 aromatic carbocycles. The summed E-state index contributed by atoms with van der Waals surface area (Å²) in [7, 11) is -4.77. The minimum Gasteiger partial charge on any atom is -0.462 e. The van der Waals surface area contributed by atoms with Gasteiger partial charge >= 0.3 is 11.9 Å². The Labute approximate surface area is 213 Å². The summed E-state index contributed by atoms with van der Waals surface area (Å²) in [6.07, 6.45) is -5.80. The Morgan fingerprint density at radius 1 is 1.00 bits per heavy atom. The highest BCUT2D eigenvalue weighted by atomic mass is 35.5. The summed E-state index contributed by atoms with van der Waals surface area (Å²) in [6, 6.07) is 2.00. The number of esters is 2. The van der Waals surface area contributed by atoms with Gasteiger partial charge in [0.25, 0.3) is 10.1 Å². The second-order valence-corrected chi connectivity index (χ2v) is 12.1. The number of rotatable bonds is 9. The molecule has 0 aliphatic heterocycles. The van der Waals surface area contributed by atoms with Gasteiger partial charge in [0.15, 0.2) is 18.4 Å². The van der Waals surface area contributed by atoms with Crippen molar-refractivity contribution in [1.29, 1.82) is 5.41 Å². The molecule has 0 saturated heterocycles. The van der Waals surface area contributed by atoms with Gasteiger partial charge in [-0.3, -0.25) is 13.8 Å². The molecule has 0 spiro atoms. The van der Waals surface area contributed by atoms with E-state index in [1.54, 1.807) is 20.8 Å². The number of benzene rings is 1. The van der Waals surface area contributed by atoms with E-state index in [2.05, 4.69) is 0 Å². The second-order valence-electron chi connectivity index (χ2n) is 9.37. The largest absolute Gasteiger partial charge is 0.462 e. The molecule has 0 aliphatic rings. The van der Waals surface area contributed by atoms with E-state index in [4.69, 9.17) is 53.9 Å². The molecule has 0 heterocycles. The monoisotopic (exact) mass is 561 g/mol. The van der Waals surface area contributed by atoms with Crippen LogP contribution in [-0.4, -0.2) is 51.6 Å². The molecule has 1 aromatic rings. The summed E-state index contributed by atoms with van der Waals surface area (Å²) in [5.41, 5.74) is -2.08. The van der Waals surface area contributed by atoms with Crippen LogP contribution >= 0.6 is 34.8 Å². The zero-order valence-electron chi connectivity index (χ0n) is 19.4. The first-order valence-electron chi connectivity index (χ1n) is 9.92. The fourth-order valence-electron chi connectivity index (χ4n) is 2.20. The maximum atomic E-state index is 14.7. The van der Waals surface area contributed by atoms with E-state index in [1.165, 1.54) is 20.8 Å². The van der Waals surface area contributed by atoms with Crippen LogP contribution in [0.15, 0.2) is 17.0 Å². The summed E-state index contributed by atoms with van der Waals surface area (Å²) < 4.78 is 56.2. The van der Waals surface area contributed by atoms with Crippen LogP contribution in [0.2, 0.25) is 15.1 Å². The van der Waals surface area contributed by atoms with Gasteiger partial charge in [0.2, 0.25) is 0 Å². The second kappa shape index (κ2) is 11.5. The Morgan fingerprint density at radius 2 is 1.50 bits per heavy atom. The quantitative estimate of drug-likeness (QED) is 0.189. The third-order valence-corrected chi connectivity index (χ3v) is 6.70. The molecular formula is C21H27Cl3FNO7S. The van der Waals surface area contributed by atoms with Gasteiger partial charge in [-0.2, -0.15) is 8.42 Å². The Balaban J connectivity index is 3.47. The van der Waals surface area contributed by atoms with Crippen LogP contribution in [0.1, 0.15) is 41.5 Å².